The van der Waals surface area contributed by atoms with Gasteiger partial charge >= 0.3 is 0 Å². The minimum absolute atomic E-state index is 0.258. The molecular weight excluding hydrogens is 502 g/mol. The number of fused-ring (bicyclic) bond motifs is 4. The second-order valence-electron chi connectivity index (χ2n) is 8.90. The highest BCUT2D eigenvalue weighted by atomic mass is 35.5. The Labute approximate surface area is 222 Å². The number of hydrogen-bond acceptors (Lipinski definition) is 7. The number of ether oxygens (including phenoxy) is 2. The van der Waals surface area contributed by atoms with Crippen LogP contribution in [0.5, 0.6) is 17.5 Å². The van der Waals surface area contributed by atoms with Gasteiger partial charge in [0.2, 0.25) is 11.8 Å². The minimum Gasteiger partial charge on any atom is -0.497 e. The molecule has 0 saturated heterocycles. The molecule has 5 heterocycles. The van der Waals surface area contributed by atoms with Crippen molar-refractivity contribution in [1.29, 1.82) is 0 Å². The first-order chi connectivity index (χ1) is 18.6. The van der Waals surface area contributed by atoms with E-state index in [0.29, 0.717) is 28.3 Å². The Morgan fingerprint density at radius 1 is 0.921 bits per heavy atom. The zero-order valence-electron chi connectivity index (χ0n) is 20.4. The fraction of sp³-hybridized carbons (Fsp3) is 0.107. The second-order valence-corrected chi connectivity index (χ2v) is 9.34. The first kappa shape index (κ1) is 22.4. The van der Waals surface area contributed by atoms with Gasteiger partial charge in [0.15, 0.2) is 11.5 Å². The number of aryl methyl sites for hydroxylation is 1. The van der Waals surface area contributed by atoms with Gasteiger partial charge in [-0.3, -0.25) is 4.98 Å². The summed E-state index contributed by atoms with van der Waals surface area (Å²) >= 11 is 6.14. The Morgan fingerprint density at radius 2 is 1.68 bits per heavy atom. The number of aromatic nitrogens is 7. The zero-order chi connectivity index (χ0) is 25.8. The van der Waals surface area contributed by atoms with E-state index < -0.39 is 0 Å². The fourth-order valence-corrected chi connectivity index (χ4v) is 5.01. The Kier molecular flexibility index (Phi) is 5.12. The Balaban J connectivity index is 1.48. The molecule has 0 saturated carbocycles. The van der Waals surface area contributed by atoms with Gasteiger partial charge in [0.1, 0.15) is 12.1 Å². The van der Waals surface area contributed by atoms with Gasteiger partial charge in [0.05, 0.1) is 35.5 Å². The van der Waals surface area contributed by atoms with Crippen LogP contribution < -0.4 is 9.47 Å². The first-order valence-corrected chi connectivity index (χ1v) is 12.3. The van der Waals surface area contributed by atoms with Crippen LogP contribution in [0, 0.1) is 6.92 Å². The van der Waals surface area contributed by atoms with Gasteiger partial charge < -0.3 is 9.47 Å². The summed E-state index contributed by atoms with van der Waals surface area (Å²) in [6.07, 6.45) is 5.06. The number of nitrogens with zero attached hydrogens (tertiary/aromatic N) is 7. The highest BCUT2D eigenvalue weighted by Crippen LogP contribution is 2.50. The minimum atomic E-state index is -0.258. The molecule has 0 bridgehead atoms. The van der Waals surface area contributed by atoms with Crippen molar-refractivity contribution >= 4 is 17.2 Å². The number of methoxy groups -OCH3 is 1. The molecule has 186 valence electrons. The quantitative estimate of drug-likeness (QED) is 0.296. The van der Waals surface area contributed by atoms with Crippen LogP contribution in [-0.2, 0) is 0 Å². The average Bonchev–Trinajstić information content (AvgIpc) is 3.54. The number of pyridine rings is 1. The van der Waals surface area contributed by atoms with Gasteiger partial charge in [-0.15, -0.1) is 5.10 Å². The van der Waals surface area contributed by atoms with E-state index in [1.807, 2.05) is 67.6 Å². The molecule has 0 aliphatic carbocycles. The molecule has 0 N–H and O–H groups in total. The lowest BCUT2D eigenvalue weighted by Gasteiger charge is -2.26. The SMILES string of the molecule is COc1ccc([C@@H]2c3c(C)nn(-c4ccc(Cl)cc4)c3Oc3ncn4nc(-c5ccncc5)nc4c32)cc1. The molecule has 2 aromatic carbocycles. The van der Waals surface area contributed by atoms with Crippen LogP contribution in [0.1, 0.15) is 28.3 Å². The van der Waals surface area contributed by atoms with Crippen LogP contribution >= 0.6 is 11.6 Å². The van der Waals surface area contributed by atoms with Gasteiger partial charge in [-0.2, -0.15) is 5.10 Å². The fourth-order valence-electron chi connectivity index (χ4n) is 4.89. The molecule has 4 aromatic heterocycles. The van der Waals surface area contributed by atoms with E-state index in [-0.39, 0.29) is 5.92 Å². The molecule has 1 atom stereocenters. The van der Waals surface area contributed by atoms with E-state index in [4.69, 9.17) is 36.3 Å². The topological polar surface area (TPSA) is 92.2 Å². The van der Waals surface area contributed by atoms with E-state index >= 15 is 0 Å². The molecule has 0 radical (unpaired) electrons. The lowest BCUT2D eigenvalue weighted by Crippen LogP contribution is -2.16. The highest BCUT2D eigenvalue weighted by Gasteiger charge is 2.38. The monoisotopic (exact) mass is 521 g/mol. The third-order valence-electron chi connectivity index (χ3n) is 6.68. The smallest absolute Gasteiger partial charge is 0.230 e. The summed E-state index contributed by atoms with van der Waals surface area (Å²) in [6, 6.07) is 19.2. The summed E-state index contributed by atoms with van der Waals surface area (Å²) in [7, 11) is 1.65. The predicted molar refractivity (Wildman–Crippen MR) is 141 cm³/mol. The van der Waals surface area contributed by atoms with Gasteiger partial charge in [-0.1, -0.05) is 23.7 Å². The van der Waals surface area contributed by atoms with Crippen molar-refractivity contribution in [2.45, 2.75) is 12.8 Å². The Bertz CT molecular complexity index is 1800. The Morgan fingerprint density at radius 3 is 2.42 bits per heavy atom. The van der Waals surface area contributed by atoms with Crippen LogP contribution in [0.25, 0.3) is 22.7 Å². The van der Waals surface area contributed by atoms with E-state index in [1.54, 1.807) is 35.0 Å². The molecule has 10 heteroatoms. The molecule has 0 amide bonds. The number of benzene rings is 2. The van der Waals surface area contributed by atoms with Crippen LogP contribution in [0.3, 0.4) is 0 Å². The maximum absolute atomic E-state index is 6.47. The molecule has 0 spiro atoms. The van der Waals surface area contributed by atoms with Crippen molar-refractivity contribution in [3.63, 3.8) is 0 Å². The van der Waals surface area contributed by atoms with E-state index in [0.717, 1.165) is 39.4 Å². The molecular formula is C28H20ClN7O2. The van der Waals surface area contributed by atoms with Crippen molar-refractivity contribution in [2.24, 2.45) is 0 Å². The molecule has 9 nitrogen and oxygen atoms in total. The van der Waals surface area contributed by atoms with E-state index in [2.05, 4.69) is 9.97 Å². The van der Waals surface area contributed by atoms with Crippen molar-refractivity contribution in [3.8, 4) is 34.6 Å². The van der Waals surface area contributed by atoms with E-state index in [9.17, 15) is 0 Å². The maximum atomic E-state index is 6.47. The van der Waals surface area contributed by atoms with Crippen molar-refractivity contribution in [1.82, 2.24) is 34.3 Å². The Hall–Kier alpha value is -4.76. The lowest BCUT2D eigenvalue weighted by molar-refractivity contribution is 0.402. The van der Waals surface area contributed by atoms with Crippen molar-refractivity contribution < 1.29 is 9.47 Å². The van der Waals surface area contributed by atoms with Gasteiger partial charge in [0, 0.05) is 23.0 Å². The molecule has 7 rings (SSSR count). The summed E-state index contributed by atoms with van der Waals surface area (Å²) < 4.78 is 15.4. The lowest BCUT2D eigenvalue weighted by atomic mass is 9.84. The average molecular weight is 522 g/mol. The number of rotatable bonds is 4. The molecule has 38 heavy (non-hydrogen) atoms. The summed E-state index contributed by atoms with van der Waals surface area (Å²) in [6.45, 7) is 1.98. The molecule has 1 aliphatic rings. The third-order valence-corrected chi connectivity index (χ3v) is 6.93. The van der Waals surface area contributed by atoms with Gasteiger partial charge in [-0.05, 0) is 61.0 Å². The first-order valence-electron chi connectivity index (χ1n) is 11.9. The molecule has 0 unspecified atom stereocenters. The molecule has 0 fully saturated rings. The van der Waals surface area contributed by atoms with Crippen LogP contribution in [0.15, 0.2) is 79.4 Å². The summed E-state index contributed by atoms with van der Waals surface area (Å²) in [5.74, 6) is 2.15. The van der Waals surface area contributed by atoms with Crippen molar-refractivity contribution in [2.75, 3.05) is 7.11 Å². The summed E-state index contributed by atoms with van der Waals surface area (Å²) in [4.78, 5) is 13.7. The van der Waals surface area contributed by atoms with Crippen LogP contribution in [0.4, 0.5) is 0 Å². The second kappa shape index (κ2) is 8.67. The van der Waals surface area contributed by atoms with Gasteiger partial charge in [0.25, 0.3) is 0 Å². The molecule has 6 aromatic rings. The maximum Gasteiger partial charge on any atom is 0.230 e. The zero-order valence-corrected chi connectivity index (χ0v) is 21.2. The van der Waals surface area contributed by atoms with Crippen LogP contribution in [-0.4, -0.2) is 41.5 Å². The normalized spacial score (nSPS) is 14.1. The number of halogens is 1. The summed E-state index contributed by atoms with van der Waals surface area (Å²) in [5.41, 5.74) is 5.96. The van der Waals surface area contributed by atoms with Crippen LogP contribution in [0.2, 0.25) is 5.02 Å². The van der Waals surface area contributed by atoms with Crippen molar-refractivity contribution in [3.05, 3.63) is 107 Å². The number of hydrogen-bond donors (Lipinski definition) is 0. The standard InChI is InChI=1S/C28H20ClN7O2/c1-16-22-23(17-3-9-21(37-2)10-4-17)24-26-32-25(18-11-13-30-14-12-18)34-35(26)15-31-27(24)38-28(22)36(33-16)20-7-5-19(29)6-8-20/h3-15,23H,1-2H3/t23-/m1/s1. The summed E-state index contributed by atoms with van der Waals surface area (Å²) in [5, 5.41) is 10.2. The van der Waals surface area contributed by atoms with Gasteiger partial charge in [-0.25, -0.2) is 19.2 Å². The highest BCUT2D eigenvalue weighted by molar-refractivity contribution is 6.30. The van der Waals surface area contributed by atoms with E-state index in [1.165, 1.54) is 0 Å². The largest absolute Gasteiger partial charge is 0.497 e. The predicted octanol–water partition coefficient (Wildman–Crippen LogP) is 5.63. The molecule has 1 aliphatic heterocycles. The third kappa shape index (κ3) is 3.51.